The van der Waals surface area contributed by atoms with E-state index in [-0.39, 0.29) is 23.1 Å². The lowest BCUT2D eigenvalue weighted by Crippen LogP contribution is -2.19. The van der Waals surface area contributed by atoms with Crippen molar-refractivity contribution in [2.45, 2.75) is 18.0 Å². The minimum absolute atomic E-state index is 0.0382. The number of rotatable bonds is 6. The molecule has 0 bridgehead atoms. The lowest BCUT2D eigenvalue weighted by molar-refractivity contribution is -0.116. The van der Waals surface area contributed by atoms with Gasteiger partial charge in [0.05, 0.1) is 11.4 Å². The Morgan fingerprint density at radius 1 is 1.00 bits per heavy atom. The molecule has 2 heterocycles. The maximum absolute atomic E-state index is 14.7. The summed E-state index contributed by atoms with van der Waals surface area (Å²) < 4.78 is 29.8. The second-order valence-electron chi connectivity index (χ2n) is 7.74. The predicted octanol–water partition coefficient (Wildman–Crippen LogP) is 5.07. The van der Waals surface area contributed by atoms with Crippen LogP contribution in [0.4, 0.5) is 14.5 Å². The van der Waals surface area contributed by atoms with Crippen molar-refractivity contribution < 1.29 is 18.4 Å². The van der Waals surface area contributed by atoms with Crippen molar-refractivity contribution in [3.63, 3.8) is 0 Å². The van der Waals surface area contributed by atoms with Gasteiger partial charge in [0.2, 0.25) is 5.91 Å². The van der Waals surface area contributed by atoms with Crippen LogP contribution >= 0.6 is 11.8 Å². The third-order valence-corrected chi connectivity index (χ3v) is 6.40. The average Bonchev–Trinajstić information content (AvgIpc) is 3.26. The third kappa shape index (κ3) is 4.34. The molecule has 0 saturated heterocycles. The van der Waals surface area contributed by atoms with Gasteiger partial charge in [0.1, 0.15) is 11.6 Å². The van der Waals surface area contributed by atoms with E-state index in [9.17, 15) is 18.4 Å². The van der Waals surface area contributed by atoms with E-state index in [2.05, 4.69) is 15.5 Å². The molecule has 5 rings (SSSR count). The summed E-state index contributed by atoms with van der Waals surface area (Å²) in [6.45, 7) is 0. The molecule has 0 atom stereocenters. The summed E-state index contributed by atoms with van der Waals surface area (Å²) in [5, 5.41) is 11.5. The summed E-state index contributed by atoms with van der Waals surface area (Å²) in [4.78, 5) is 24.5. The number of ketones is 1. The smallest absolute Gasteiger partial charge is 0.224 e. The monoisotopic (exact) mass is 476 g/mol. The Morgan fingerprint density at radius 2 is 1.82 bits per heavy atom. The number of aryl methyl sites for hydroxylation is 1. The van der Waals surface area contributed by atoms with Crippen molar-refractivity contribution in [2.24, 2.45) is 0 Å². The van der Waals surface area contributed by atoms with Crippen LogP contribution in [-0.2, 0) is 11.2 Å². The minimum Gasteiger partial charge on any atom is -0.326 e. The van der Waals surface area contributed by atoms with E-state index < -0.39 is 11.6 Å². The Balaban J connectivity index is 1.44. The topological polar surface area (TPSA) is 76.9 Å². The summed E-state index contributed by atoms with van der Waals surface area (Å²) in [6.07, 6.45) is 0.960. The van der Waals surface area contributed by atoms with E-state index in [0.717, 1.165) is 29.1 Å². The first-order valence-corrected chi connectivity index (χ1v) is 11.5. The molecule has 0 spiro atoms. The van der Waals surface area contributed by atoms with Crippen LogP contribution < -0.4 is 5.32 Å². The number of carbonyl (C=O) groups is 2. The molecule has 170 valence electrons. The number of nitrogens with zero attached hydrogens (tertiary/aromatic N) is 3. The Labute approximate surface area is 198 Å². The number of hydrogen-bond donors (Lipinski definition) is 1. The molecule has 34 heavy (non-hydrogen) atoms. The summed E-state index contributed by atoms with van der Waals surface area (Å²) in [5.74, 6) is -1.21. The summed E-state index contributed by atoms with van der Waals surface area (Å²) in [7, 11) is 0. The number of carbonyl (C=O) groups excluding carboxylic acids is 2. The molecule has 1 aliphatic heterocycles. The van der Waals surface area contributed by atoms with Gasteiger partial charge in [0, 0.05) is 29.3 Å². The number of fused-ring (bicyclic) bond motifs is 1. The first-order valence-electron chi connectivity index (χ1n) is 10.5. The number of amides is 1. The Hall–Kier alpha value is -3.85. The van der Waals surface area contributed by atoms with E-state index in [4.69, 9.17) is 0 Å². The fraction of sp³-hybridized carbons (Fsp3) is 0.120. The van der Waals surface area contributed by atoms with Gasteiger partial charge in [-0.15, -0.1) is 10.2 Å². The largest absolute Gasteiger partial charge is 0.326 e. The zero-order valence-electron chi connectivity index (χ0n) is 17.8. The molecule has 9 heteroatoms. The summed E-state index contributed by atoms with van der Waals surface area (Å²) in [5.41, 5.74) is 2.95. The highest BCUT2D eigenvalue weighted by atomic mass is 32.2. The van der Waals surface area contributed by atoms with Crippen LogP contribution in [0.1, 0.15) is 22.3 Å². The van der Waals surface area contributed by atoms with Crippen LogP contribution in [-0.4, -0.2) is 32.2 Å². The molecule has 0 saturated carbocycles. The number of benzene rings is 3. The number of nitrogens with one attached hydrogen (secondary N) is 1. The lowest BCUT2D eigenvalue weighted by atomic mass is 9.99. The SMILES string of the molecule is O=C1CCc2cc(C(=O)CSc3nnc(-c4ccccc4)n3-c3ccc(F)cc3F)ccc2N1. The van der Waals surface area contributed by atoms with Gasteiger partial charge >= 0.3 is 0 Å². The van der Waals surface area contributed by atoms with Crippen LogP contribution in [0.15, 0.2) is 71.9 Å². The highest BCUT2D eigenvalue weighted by molar-refractivity contribution is 7.99. The van der Waals surface area contributed by atoms with E-state index in [0.29, 0.717) is 34.9 Å². The van der Waals surface area contributed by atoms with Gasteiger partial charge in [0.25, 0.3) is 0 Å². The second-order valence-corrected chi connectivity index (χ2v) is 8.68. The zero-order chi connectivity index (χ0) is 23.7. The van der Waals surface area contributed by atoms with Crippen LogP contribution in [0.2, 0.25) is 0 Å². The van der Waals surface area contributed by atoms with Crippen LogP contribution in [0, 0.1) is 11.6 Å². The number of aromatic nitrogens is 3. The Morgan fingerprint density at radius 3 is 2.62 bits per heavy atom. The summed E-state index contributed by atoms with van der Waals surface area (Å²) in [6, 6.07) is 17.6. The molecule has 0 unspecified atom stereocenters. The van der Waals surface area contributed by atoms with Crippen molar-refractivity contribution in [3.05, 3.63) is 89.5 Å². The normalized spacial score (nSPS) is 12.8. The standard InChI is InChI=1S/C25H18F2N4O2S/c26-18-8-10-21(19(27)13-18)31-24(15-4-2-1-3-5-15)29-30-25(31)34-14-22(32)17-6-9-20-16(12-17)7-11-23(33)28-20/h1-6,8-10,12-13H,7,11,14H2,(H,28,33). The molecule has 1 N–H and O–H groups in total. The molecule has 6 nitrogen and oxygen atoms in total. The Bertz CT molecular complexity index is 1410. The van der Waals surface area contributed by atoms with E-state index >= 15 is 0 Å². The lowest BCUT2D eigenvalue weighted by Gasteiger charge is -2.17. The van der Waals surface area contributed by atoms with E-state index in [1.54, 1.807) is 18.2 Å². The van der Waals surface area contributed by atoms with Gasteiger partial charge in [-0.1, -0.05) is 42.1 Å². The molecule has 1 aliphatic rings. The van der Waals surface area contributed by atoms with Gasteiger partial charge in [-0.25, -0.2) is 8.78 Å². The van der Waals surface area contributed by atoms with Gasteiger partial charge in [-0.2, -0.15) is 0 Å². The Kier molecular flexibility index (Phi) is 5.93. The third-order valence-electron chi connectivity index (χ3n) is 5.47. The first-order chi connectivity index (χ1) is 16.5. The van der Waals surface area contributed by atoms with E-state index in [1.165, 1.54) is 16.7 Å². The maximum Gasteiger partial charge on any atom is 0.224 e. The molecule has 4 aromatic rings. The quantitative estimate of drug-likeness (QED) is 0.311. The maximum atomic E-state index is 14.7. The molecule has 0 radical (unpaired) electrons. The molecule has 0 fully saturated rings. The highest BCUT2D eigenvalue weighted by Crippen LogP contribution is 2.30. The predicted molar refractivity (Wildman–Crippen MR) is 125 cm³/mol. The second kappa shape index (κ2) is 9.18. The van der Waals surface area contributed by atoms with Crippen LogP contribution in [0.25, 0.3) is 17.1 Å². The molecule has 1 amide bonds. The highest BCUT2D eigenvalue weighted by Gasteiger charge is 2.21. The van der Waals surface area contributed by atoms with Gasteiger partial charge < -0.3 is 5.32 Å². The fourth-order valence-electron chi connectivity index (χ4n) is 3.79. The molecular formula is C25H18F2N4O2S. The van der Waals surface area contributed by atoms with Crippen molar-refractivity contribution >= 4 is 29.1 Å². The zero-order valence-corrected chi connectivity index (χ0v) is 18.6. The number of anilines is 1. The number of halogens is 2. The fourth-order valence-corrected chi connectivity index (χ4v) is 4.63. The van der Waals surface area contributed by atoms with Gasteiger partial charge in [-0.3, -0.25) is 14.2 Å². The molecule has 0 aliphatic carbocycles. The van der Waals surface area contributed by atoms with Crippen LogP contribution in [0.3, 0.4) is 0 Å². The molecular weight excluding hydrogens is 458 g/mol. The van der Waals surface area contributed by atoms with Crippen molar-refractivity contribution in [1.82, 2.24) is 14.8 Å². The van der Waals surface area contributed by atoms with Gasteiger partial charge in [-0.05, 0) is 42.3 Å². The molecule has 1 aromatic heterocycles. The van der Waals surface area contributed by atoms with E-state index in [1.807, 2.05) is 30.3 Å². The first kappa shape index (κ1) is 22.0. The number of hydrogen-bond acceptors (Lipinski definition) is 5. The van der Waals surface area contributed by atoms with Crippen LogP contribution in [0.5, 0.6) is 0 Å². The summed E-state index contributed by atoms with van der Waals surface area (Å²) >= 11 is 1.12. The average molecular weight is 477 g/mol. The molecule has 3 aromatic carbocycles. The van der Waals surface area contributed by atoms with Crippen molar-refractivity contribution in [1.29, 1.82) is 0 Å². The number of Topliss-reactive ketones (excluding diaryl/α,β-unsaturated/α-hetero) is 1. The van der Waals surface area contributed by atoms with Crippen molar-refractivity contribution in [3.8, 4) is 17.1 Å². The minimum atomic E-state index is -0.762. The van der Waals surface area contributed by atoms with Crippen molar-refractivity contribution in [2.75, 3.05) is 11.1 Å². The number of thioether (sulfide) groups is 1. The van der Waals surface area contributed by atoms with Gasteiger partial charge in [0.15, 0.2) is 16.8 Å².